The average Bonchev–Trinajstić information content (AvgIpc) is 2.80. The topological polar surface area (TPSA) is 69.7 Å². The number of likely N-dealkylation sites (tertiary alicyclic amines) is 1. The van der Waals surface area contributed by atoms with Crippen LogP contribution in [0.2, 0.25) is 0 Å². The summed E-state index contributed by atoms with van der Waals surface area (Å²) in [5, 5.41) is 2.90. The summed E-state index contributed by atoms with van der Waals surface area (Å²) >= 11 is 0. The molecule has 33 heavy (non-hydrogen) atoms. The number of benzene rings is 2. The Morgan fingerprint density at radius 1 is 1.06 bits per heavy atom. The first kappa shape index (κ1) is 25.3. The zero-order valence-corrected chi connectivity index (χ0v) is 20.3. The Balaban J connectivity index is 1.37. The third-order valence-electron chi connectivity index (χ3n) is 6.19. The van der Waals surface area contributed by atoms with E-state index >= 15 is 0 Å². The van der Waals surface area contributed by atoms with E-state index in [0.29, 0.717) is 13.0 Å². The van der Waals surface area contributed by atoms with Crippen LogP contribution in [0.1, 0.15) is 43.7 Å². The molecular weight excluding hydrogens is 441 g/mol. The van der Waals surface area contributed by atoms with Gasteiger partial charge >= 0.3 is 0 Å². The number of nitrogens with one attached hydrogen (secondary N) is 1. The van der Waals surface area contributed by atoms with Gasteiger partial charge in [-0.2, -0.15) is 0 Å². The molecule has 8 heteroatoms. The predicted molar refractivity (Wildman–Crippen MR) is 127 cm³/mol. The monoisotopic (exact) mass is 475 g/mol. The van der Waals surface area contributed by atoms with E-state index in [1.165, 1.54) is 41.9 Å². The molecule has 1 aliphatic heterocycles. The summed E-state index contributed by atoms with van der Waals surface area (Å²) in [5.74, 6) is 0.223. The highest BCUT2D eigenvalue weighted by atomic mass is 32.2. The number of hydrogen-bond donors (Lipinski definition) is 1. The first-order chi connectivity index (χ1) is 15.7. The molecule has 1 amide bonds. The quantitative estimate of drug-likeness (QED) is 0.568. The molecule has 0 aromatic heterocycles. The van der Waals surface area contributed by atoms with Gasteiger partial charge in [-0.05, 0) is 73.7 Å². The van der Waals surface area contributed by atoms with Gasteiger partial charge in [0.1, 0.15) is 5.82 Å². The van der Waals surface area contributed by atoms with Gasteiger partial charge in [-0.15, -0.1) is 0 Å². The Labute approximate surface area is 196 Å². The van der Waals surface area contributed by atoms with Crippen LogP contribution in [0.5, 0.6) is 0 Å². The van der Waals surface area contributed by atoms with Gasteiger partial charge in [0.2, 0.25) is 15.9 Å². The van der Waals surface area contributed by atoms with E-state index in [2.05, 4.69) is 29.3 Å². The third-order valence-corrected chi connectivity index (χ3v) is 8.06. The number of rotatable bonds is 10. The molecule has 6 nitrogen and oxygen atoms in total. The van der Waals surface area contributed by atoms with Crippen molar-refractivity contribution < 1.29 is 17.6 Å². The molecule has 180 valence electrons. The maximum atomic E-state index is 13.0. The van der Waals surface area contributed by atoms with Crippen molar-refractivity contribution in [3.63, 3.8) is 0 Å². The Morgan fingerprint density at radius 2 is 1.67 bits per heavy atom. The van der Waals surface area contributed by atoms with Crippen LogP contribution in [0.25, 0.3) is 0 Å². The molecule has 0 aliphatic carbocycles. The van der Waals surface area contributed by atoms with Crippen molar-refractivity contribution in [3.8, 4) is 0 Å². The molecule has 2 aromatic carbocycles. The van der Waals surface area contributed by atoms with Gasteiger partial charge in [-0.1, -0.05) is 31.2 Å². The third kappa shape index (κ3) is 7.62. The molecule has 0 bridgehead atoms. The average molecular weight is 476 g/mol. The fraction of sp³-hybridized carbons (Fsp3) is 0.480. The minimum absolute atomic E-state index is 0.0362. The molecule has 1 heterocycles. The molecular formula is C25H34FN3O3S. The van der Waals surface area contributed by atoms with Crippen LogP contribution in [0, 0.1) is 11.7 Å². The number of halogens is 1. The summed E-state index contributed by atoms with van der Waals surface area (Å²) < 4.78 is 39.2. The molecule has 1 aliphatic rings. The van der Waals surface area contributed by atoms with Gasteiger partial charge in [0.15, 0.2) is 0 Å². The van der Waals surface area contributed by atoms with Gasteiger partial charge in [0.05, 0.1) is 4.90 Å². The Morgan fingerprint density at radius 3 is 2.30 bits per heavy atom. The van der Waals surface area contributed by atoms with E-state index in [0.717, 1.165) is 43.2 Å². The van der Waals surface area contributed by atoms with E-state index in [1.807, 2.05) is 12.1 Å². The van der Waals surface area contributed by atoms with Crippen LogP contribution in [-0.2, 0) is 27.9 Å². The highest BCUT2D eigenvalue weighted by Crippen LogP contribution is 2.18. The Kier molecular flexibility index (Phi) is 9.00. The molecule has 3 rings (SSSR count). The van der Waals surface area contributed by atoms with Gasteiger partial charge in [0, 0.05) is 33.1 Å². The van der Waals surface area contributed by atoms with E-state index in [9.17, 15) is 17.6 Å². The van der Waals surface area contributed by atoms with Crippen LogP contribution < -0.4 is 5.32 Å². The largest absolute Gasteiger partial charge is 0.352 e. The minimum Gasteiger partial charge on any atom is -0.352 e. The molecule has 0 atom stereocenters. The maximum Gasteiger partial charge on any atom is 0.242 e. The first-order valence-electron chi connectivity index (χ1n) is 11.5. The van der Waals surface area contributed by atoms with Crippen molar-refractivity contribution in [2.75, 3.05) is 26.7 Å². The van der Waals surface area contributed by atoms with Crippen molar-refractivity contribution in [2.24, 2.45) is 5.92 Å². The summed E-state index contributed by atoms with van der Waals surface area (Å²) in [4.78, 5) is 14.7. The molecule has 0 saturated carbocycles. The predicted octanol–water partition coefficient (Wildman–Crippen LogP) is 3.77. The van der Waals surface area contributed by atoms with Crippen LogP contribution in [-0.4, -0.2) is 50.2 Å². The van der Waals surface area contributed by atoms with E-state index in [-0.39, 0.29) is 23.8 Å². The fourth-order valence-corrected chi connectivity index (χ4v) is 5.11. The molecule has 0 unspecified atom stereocenters. The highest BCUT2D eigenvalue weighted by Gasteiger charge is 2.20. The van der Waals surface area contributed by atoms with Crippen LogP contribution in [0.3, 0.4) is 0 Å². The van der Waals surface area contributed by atoms with Gasteiger partial charge in [-0.25, -0.2) is 17.1 Å². The molecule has 2 aromatic rings. The van der Waals surface area contributed by atoms with Crippen molar-refractivity contribution in [3.05, 3.63) is 65.5 Å². The first-order valence-corrected chi connectivity index (χ1v) is 13.0. The second kappa shape index (κ2) is 11.7. The lowest BCUT2D eigenvalue weighted by atomic mass is 9.99. The molecule has 1 N–H and O–H groups in total. The lowest BCUT2D eigenvalue weighted by Gasteiger charge is -2.30. The molecule has 1 fully saturated rings. The smallest absolute Gasteiger partial charge is 0.242 e. The Hall–Kier alpha value is -2.29. The second-order valence-corrected chi connectivity index (χ2v) is 11.0. The lowest BCUT2D eigenvalue weighted by molar-refractivity contribution is -0.121. The van der Waals surface area contributed by atoms with Crippen LogP contribution in [0.15, 0.2) is 53.4 Å². The fourth-order valence-electron chi connectivity index (χ4n) is 3.90. The molecule has 1 saturated heterocycles. The van der Waals surface area contributed by atoms with Gasteiger partial charge in [-0.3, -0.25) is 9.69 Å². The number of carbonyl (C=O) groups is 1. The number of amides is 1. The number of carbonyl (C=O) groups excluding carboxylic acids is 1. The van der Waals surface area contributed by atoms with Crippen molar-refractivity contribution in [1.82, 2.24) is 14.5 Å². The van der Waals surface area contributed by atoms with Crippen molar-refractivity contribution >= 4 is 15.9 Å². The molecule has 0 radical (unpaired) electrons. The van der Waals surface area contributed by atoms with Crippen LogP contribution >= 0.6 is 0 Å². The number of sulfonamides is 1. The van der Waals surface area contributed by atoms with E-state index < -0.39 is 15.8 Å². The van der Waals surface area contributed by atoms with Crippen molar-refractivity contribution in [1.29, 1.82) is 0 Å². The zero-order chi connectivity index (χ0) is 23.8. The summed E-state index contributed by atoms with van der Waals surface area (Å²) in [5.41, 5.74) is 2.32. The Bertz CT molecular complexity index is 1000. The van der Waals surface area contributed by atoms with Gasteiger partial charge in [0.25, 0.3) is 0 Å². The highest BCUT2D eigenvalue weighted by molar-refractivity contribution is 7.89. The second-order valence-electron chi connectivity index (χ2n) is 8.94. The van der Waals surface area contributed by atoms with Crippen LogP contribution in [0.4, 0.5) is 4.39 Å². The van der Waals surface area contributed by atoms with E-state index in [4.69, 9.17) is 0 Å². The normalized spacial score (nSPS) is 15.6. The van der Waals surface area contributed by atoms with Crippen molar-refractivity contribution in [2.45, 2.75) is 50.6 Å². The SMILES string of the molecule is CC1CCN(Cc2ccc(CNC(=O)CCCN(C)S(=O)(=O)c3ccc(F)cc3)cc2)CC1. The number of piperidine rings is 1. The summed E-state index contributed by atoms with van der Waals surface area (Å²) in [6, 6.07) is 13.1. The summed E-state index contributed by atoms with van der Waals surface area (Å²) in [6.07, 6.45) is 3.15. The summed E-state index contributed by atoms with van der Waals surface area (Å²) in [7, 11) is -2.23. The number of nitrogens with zero attached hydrogens (tertiary/aromatic N) is 2. The standard InChI is InChI=1S/C25H34FN3O3S/c1-20-13-16-29(17-14-20)19-22-7-5-21(6-8-22)18-27-25(30)4-3-15-28(2)33(31,32)24-11-9-23(26)10-12-24/h5-12,20H,3-4,13-19H2,1-2H3,(H,27,30). The molecule has 0 spiro atoms. The zero-order valence-electron chi connectivity index (χ0n) is 19.5. The lowest BCUT2D eigenvalue weighted by Crippen LogP contribution is -2.32. The maximum absolute atomic E-state index is 13.0. The number of hydrogen-bond acceptors (Lipinski definition) is 4. The minimum atomic E-state index is -3.70. The summed E-state index contributed by atoms with van der Waals surface area (Å²) in [6.45, 7) is 6.24. The van der Waals surface area contributed by atoms with E-state index in [1.54, 1.807) is 0 Å². The van der Waals surface area contributed by atoms with Gasteiger partial charge < -0.3 is 5.32 Å².